The van der Waals surface area contributed by atoms with Crippen molar-refractivity contribution in [3.05, 3.63) is 17.2 Å². The Hall–Kier alpha value is -1.16. The summed E-state index contributed by atoms with van der Waals surface area (Å²) in [6.45, 7) is 0.972. The Balaban J connectivity index is 1.74. The van der Waals surface area contributed by atoms with E-state index >= 15 is 0 Å². The number of hydrogen-bond acceptors (Lipinski definition) is 3. The molecule has 2 aliphatic carbocycles. The van der Waals surface area contributed by atoms with Gasteiger partial charge in [0.2, 0.25) is 0 Å². The Bertz CT molecular complexity index is 598. The van der Waals surface area contributed by atoms with Crippen molar-refractivity contribution in [2.24, 2.45) is 11.8 Å². The van der Waals surface area contributed by atoms with Crippen LogP contribution < -0.4 is 0 Å². The smallest absolute Gasteiger partial charge is 0.163 e. The van der Waals surface area contributed by atoms with Crippen LogP contribution in [-0.2, 0) is 13.0 Å². The highest BCUT2D eigenvalue weighted by atomic mass is 35.5. The first-order chi connectivity index (χ1) is 8.79. The lowest BCUT2D eigenvalue weighted by Crippen LogP contribution is -2.05. The van der Waals surface area contributed by atoms with Gasteiger partial charge in [-0.15, -0.1) is 0 Å². The minimum atomic E-state index is 0.553. The summed E-state index contributed by atoms with van der Waals surface area (Å²) >= 11 is 6.23. The molecule has 0 aromatic carbocycles. The van der Waals surface area contributed by atoms with Crippen molar-refractivity contribution >= 4 is 22.6 Å². The standard InChI is InChI=1S/C13H15ClN4/c14-12-10-6-15-18(7-9-3-4-9)13(10)17-11(16-12)5-8-1-2-8/h6,8-9H,1-5,7H2. The molecule has 94 valence electrons. The van der Waals surface area contributed by atoms with Crippen LogP contribution >= 0.6 is 11.6 Å². The third-order valence-electron chi connectivity index (χ3n) is 3.79. The predicted octanol–water partition coefficient (Wildman–Crippen LogP) is 2.84. The second-order valence-electron chi connectivity index (χ2n) is 5.59. The fourth-order valence-electron chi connectivity index (χ4n) is 2.31. The average Bonchev–Trinajstić information content (AvgIpc) is 3.22. The summed E-state index contributed by atoms with van der Waals surface area (Å²) in [5, 5.41) is 5.84. The zero-order valence-corrected chi connectivity index (χ0v) is 10.9. The summed E-state index contributed by atoms with van der Waals surface area (Å²) in [5.74, 6) is 2.44. The van der Waals surface area contributed by atoms with Gasteiger partial charge in [0.25, 0.3) is 0 Å². The minimum Gasteiger partial charge on any atom is -0.247 e. The zero-order valence-electron chi connectivity index (χ0n) is 10.1. The van der Waals surface area contributed by atoms with E-state index in [0.29, 0.717) is 5.15 Å². The van der Waals surface area contributed by atoms with Crippen LogP contribution in [0.2, 0.25) is 5.15 Å². The van der Waals surface area contributed by atoms with E-state index in [1.165, 1.54) is 25.7 Å². The van der Waals surface area contributed by atoms with E-state index < -0.39 is 0 Å². The molecule has 18 heavy (non-hydrogen) atoms. The molecule has 2 aromatic rings. The lowest BCUT2D eigenvalue weighted by molar-refractivity contribution is 0.574. The summed E-state index contributed by atoms with van der Waals surface area (Å²) in [5.41, 5.74) is 0.914. The maximum absolute atomic E-state index is 6.23. The third-order valence-corrected chi connectivity index (χ3v) is 4.08. The number of rotatable bonds is 4. The molecule has 2 heterocycles. The molecule has 0 spiro atoms. The molecule has 0 N–H and O–H groups in total. The van der Waals surface area contributed by atoms with Gasteiger partial charge in [0.1, 0.15) is 11.0 Å². The van der Waals surface area contributed by atoms with Crippen molar-refractivity contribution < 1.29 is 0 Å². The maximum atomic E-state index is 6.23. The highest BCUT2D eigenvalue weighted by Gasteiger charge is 2.25. The number of hydrogen-bond donors (Lipinski definition) is 0. The summed E-state index contributed by atoms with van der Waals surface area (Å²) in [7, 11) is 0. The number of nitrogens with zero attached hydrogens (tertiary/aromatic N) is 4. The molecule has 0 atom stereocenters. The molecule has 4 rings (SSSR count). The Morgan fingerprint density at radius 3 is 2.67 bits per heavy atom. The predicted molar refractivity (Wildman–Crippen MR) is 69.5 cm³/mol. The van der Waals surface area contributed by atoms with E-state index in [2.05, 4.69) is 15.1 Å². The fraction of sp³-hybridized carbons (Fsp3) is 0.615. The van der Waals surface area contributed by atoms with Gasteiger partial charge in [-0.2, -0.15) is 5.10 Å². The van der Waals surface area contributed by atoms with Crippen molar-refractivity contribution in [2.75, 3.05) is 0 Å². The molecule has 0 amide bonds. The van der Waals surface area contributed by atoms with Gasteiger partial charge in [0, 0.05) is 13.0 Å². The van der Waals surface area contributed by atoms with Crippen LogP contribution in [0.5, 0.6) is 0 Å². The summed E-state index contributed by atoms with van der Waals surface area (Å²) in [6.07, 6.45) is 8.00. The molecule has 2 aliphatic rings. The van der Waals surface area contributed by atoms with E-state index in [1.54, 1.807) is 6.20 Å². The van der Waals surface area contributed by atoms with Crippen LogP contribution in [0.15, 0.2) is 6.20 Å². The molecule has 0 radical (unpaired) electrons. The van der Waals surface area contributed by atoms with Gasteiger partial charge < -0.3 is 0 Å². The Morgan fingerprint density at radius 2 is 1.94 bits per heavy atom. The quantitative estimate of drug-likeness (QED) is 0.796. The van der Waals surface area contributed by atoms with Gasteiger partial charge in [0.05, 0.1) is 11.6 Å². The lowest BCUT2D eigenvalue weighted by Gasteiger charge is -2.04. The molecular weight excluding hydrogens is 248 g/mol. The minimum absolute atomic E-state index is 0.553. The Morgan fingerprint density at radius 1 is 1.17 bits per heavy atom. The normalized spacial score (nSPS) is 19.6. The number of halogens is 1. The lowest BCUT2D eigenvalue weighted by atomic mass is 10.3. The van der Waals surface area contributed by atoms with Crippen LogP contribution in [-0.4, -0.2) is 19.7 Å². The monoisotopic (exact) mass is 262 g/mol. The van der Waals surface area contributed by atoms with E-state index in [-0.39, 0.29) is 0 Å². The van der Waals surface area contributed by atoms with Crippen LogP contribution in [0.25, 0.3) is 11.0 Å². The van der Waals surface area contributed by atoms with Crippen LogP contribution in [0.4, 0.5) is 0 Å². The van der Waals surface area contributed by atoms with Crippen molar-refractivity contribution in [1.82, 2.24) is 19.7 Å². The highest BCUT2D eigenvalue weighted by molar-refractivity contribution is 6.33. The van der Waals surface area contributed by atoms with Crippen LogP contribution in [0, 0.1) is 11.8 Å². The topological polar surface area (TPSA) is 43.6 Å². The third kappa shape index (κ3) is 1.99. The average molecular weight is 263 g/mol. The molecule has 4 nitrogen and oxygen atoms in total. The molecule has 2 saturated carbocycles. The van der Waals surface area contributed by atoms with Gasteiger partial charge in [-0.1, -0.05) is 11.6 Å². The maximum Gasteiger partial charge on any atom is 0.163 e. The first kappa shape index (κ1) is 10.7. The Labute approximate surface area is 110 Å². The summed E-state index contributed by atoms with van der Waals surface area (Å²) in [4.78, 5) is 9.05. The van der Waals surface area contributed by atoms with E-state index in [9.17, 15) is 0 Å². The SMILES string of the molecule is Clc1nc(CC2CC2)nc2c1cnn2CC1CC1. The molecule has 0 aliphatic heterocycles. The zero-order chi connectivity index (χ0) is 12.1. The second-order valence-corrected chi connectivity index (χ2v) is 5.94. The van der Waals surface area contributed by atoms with Crippen molar-refractivity contribution in [2.45, 2.75) is 38.6 Å². The van der Waals surface area contributed by atoms with Gasteiger partial charge >= 0.3 is 0 Å². The number of fused-ring (bicyclic) bond motifs is 1. The Kier molecular flexibility index (Phi) is 2.34. The van der Waals surface area contributed by atoms with Crippen LogP contribution in [0.3, 0.4) is 0 Å². The molecule has 0 saturated heterocycles. The van der Waals surface area contributed by atoms with E-state index in [0.717, 1.165) is 41.7 Å². The van der Waals surface area contributed by atoms with Crippen LogP contribution in [0.1, 0.15) is 31.5 Å². The first-order valence-corrected chi connectivity index (χ1v) is 7.05. The van der Waals surface area contributed by atoms with E-state index in [4.69, 9.17) is 11.6 Å². The van der Waals surface area contributed by atoms with Gasteiger partial charge in [0.15, 0.2) is 5.65 Å². The molecular formula is C13H15ClN4. The largest absolute Gasteiger partial charge is 0.247 e. The van der Waals surface area contributed by atoms with E-state index in [1.807, 2.05) is 4.68 Å². The molecule has 2 fully saturated rings. The number of aromatic nitrogens is 4. The van der Waals surface area contributed by atoms with Crippen molar-refractivity contribution in [3.63, 3.8) is 0 Å². The summed E-state index contributed by atoms with van der Waals surface area (Å²) < 4.78 is 2.00. The highest BCUT2D eigenvalue weighted by Crippen LogP contribution is 2.34. The van der Waals surface area contributed by atoms with Gasteiger partial charge in [-0.25, -0.2) is 14.6 Å². The van der Waals surface area contributed by atoms with Crippen molar-refractivity contribution in [3.8, 4) is 0 Å². The van der Waals surface area contributed by atoms with Crippen molar-refractivity contribution in [1.29, 1.82) is 0 Å². The fourth-order valence-corrected chi connectivity index (χ4v) is 2.54. The molecule has 0 unspecified atom stereocenters. The molecule has 5 heteroatoms. The molecule has 0 bridgehead atoms. The van der Waals surface area contributed by atoms with Gasteiger partial charge in [-0.3, -0.25) is 0 Å². The van der Waals surface area contributed by atoms with Gasteiger partial charge in [-0.05, 0) is 37.5 Å². The first-order valence-electron chi connectivity index (χ1n) is 6.67. The summed E-state index contributed by atoms with van der Waals surface area (Å²) in [6, 6.07) is 0. The molecule has 2 aromatic heterocycles. The second kappa shape index (κ2) is 3.92.